The lowest BCUT2D eigenvalue weighted by Gasteiger charge is -2.35. The van der Waals surface area contributed by atoms with Crippen LogP contribution in [0.3, 0.4) is 0 Å². The molecule has 1 aromatic carbocycles. The van der Waals surface area contributed by atoms with E-state index in [9.17, 15) is 9.18 Å². The van der Waals surface area contributed by atoms with Gasteiger partial charge in [0.15, 0.2) is 0 Å². The summed E-state index contributed by atoms with van der Waals surface area (Å²) >= 11 is 0. The molecule has 1 saturated heterocycles. The van der Waals surface area contributed by atoms with Gasteiger partial charge in [-0.05, 0) is 38.5 Å². The fourth-order valence-corrected chi connectivity index (χ4v) is 2.47. The first kappa shape index (κ1) is 13.8. The van der Waals surface area contributed by atoms with Crippen molar-refractivity contribution in [2.45, 2.75) is 33.0 Å². The van der Waals surface area contributed by atoms with E-state index in [4.69, 9.17) is 10.5 Å². The van der Waals surface area contributed by atoms with Crippen LogP contribution in [0, 0.1) is 12.7 Å². The normalized spacial score (nSPS) is 23.5. The molecule has 1 aromatic rings. The highest BCUT2D eigenvalue weighted by molar-refractivity contribution is 5.95. The summed E-state index contributed by atoms with van der Waals surface area (Å²) in [6.07, 6.45) is -0.0872. The number of amides is 1. The van der Waals surface area contributed by atoms with Crippen LogP contribution in [0.5, 0.6) is 0 Å². The lowest BCUT2D eigenvalue weighted by atomic mass is 10.1. The van der Waals surface area contributed by atoms with Gasteiger partial charge in [-0.3, -0.25) is 4.79 Å². The van der Waals surface area contributed by atoms with Crippen molar-refractivity contribution in [3.05, 3.63) is 29.1 Å². The van der Waals surface area contributed by atoms with Gasteiger partial charge in [0.05, 0.1) is 17.8 Å². The Morgan fingerprint density at radius 1 is 1.37 bits per heavy atom. The SMILES string of the molecule is Cc1cc(N)cc(C(=O)N2CC(C)OC(C)C2)c1F. The van der Waals surface area contributed by atoms with Gasteiger partial charge in [0, 0.05) is 18.8 Å². The molecular weight excluding hydrogens is 247 g/mol. The highest BCUT2D eigenvalue weighted by atomic mass is 19.1. The summed E-state index contributed by atoms with van der Waals surface area (Å²) in [6.45, 7) is 6.34. The maximum Gasteiger partial charge on any atom is 0.257 e. The average molecular weight is 266 g/mol. The lowest BCUT2D eigenvalue weighted by Crippen LogP contribution is -2.48. The molecular formula is C14H19FN2O2. The molecule has 2 N–H and O–H groups in total. The molecule has 0 spiro atoms. The Bertz CT molecular complexity index is 494. The Morgan fingerprint density at radius 2 is 1.95 bits per heavy atom. The number of halogens is 1. The van der Waals surface area contributed by atoms with Gasteiger partial charge in [0.25, 0.3) is 5.91 Å². The molecule has 2 unspecified atom stereocenters. The van der Waals surface area contributed by atoms with Crippen molar-refractivity contribution in [1.29, 1.82) is 0 Å². The Kier molecular flexibility index (Phi) is 3.75. The number of nitrogen functional groups attached to an aromatic ring is 1. The maximum absolute atomic E-state index is 14.0. The van der Waals surface area contributed by atoms with Crippen molar-refractivity contribution in [3.8, 4) is 0 Å². The van der Waals surface area contributed by atoms with Crippen LogP contribution >= 0.6 is 0 Å². The van der Waals surface area contributed by atoms with Crippen LogP contribution in [0.15, 0.2) is 12.1 Å². The summed E-state index contributed by atoms with van der Waals surface area (Å²) in [7, 11) is 0. The molecule has 0 aliphatic carbocycles. The predicted molar refractivity (Wildman–Crippen MR) is 71.5 cm³/mol. The quantitative estimate of drug-likeness (QED) is 0.791. The highest BCUT2D eigenvalue weighted by Crippen LogP contribution is 2.21. The number of nitrogens with zero attached hydrogens (tertiary/aromatic N) is 1. The van der Waals surface area contributed by atoms with Crippen molar-refractivity contribution in [2.24, 2.45) is 0 Å². The first-order valence-corrected chi connectivity index (χ1v) is 6.39. The molecule has 104 valence electrons. The summed E-state index contributed by atoms with van der Waals surface area (Å²) in [5, 5.41) is 0. The Morgan fingerprint density at radius 3 is 2.53 bits per heavy atom. The van der Waals surface area contributed by atoms with Gasteiger partial charge in [-0.15, -0.1) is 0 Å². The fourth-order valence-electron chi connectivity index (χ4n) is 2.47. The molecule has 0 saturated carbocycles. The highest BCUT2D eigenvalue weighted by Gasteiger charge is 2.28. The van der Waals surface area contributed by atoms with Gasteiger partial charge >= 0.3 is 0 Å². The van der Waals surface area contributed by atoms with Crippen LogP contribution < -0.4 is 5.73 Å². The number of carbonyl (C=O) groups is 1. The first-order valence-electron chi connectivity index (χ1n) is 6.39. The number of ether oxygens (including phenoxy) is 1. The van der Waals surface area contributed by atoms with E-state index < -0.39 is 5.82 Å². The summed E-state index contributed by atoms with van der Waals surface area (Å²) in [4.78, 5) is 14.0. The summed E-state index contributed by atoms with van der Waals surface area (Å²) in [5.41, 5.74) is 6.52. The molecule has 0 bridgehead atoms. The average Bonchev–Trinajstić information content (AvgIpc) is 2.31. The van der Waals surface area contributed by atoms with E-state index in [1.807, 2.05) is 13.8 Å². The molecule has 2 rings (SSSR count). The molecule has 1 heterocycles. The summed E-state index contributed by atoms with van der Waals surface area (Å²) < 4.78 is 19.6. The van der Waals surface area contributed by atoms with Crippen LogP contribution in [-0.2, 0) is 4.74 Å². The molecule has 19 heavy (non-hydrogen) atoms. The maximum atomic E-state index is 14.0. The zero-order valence-corrected chi connectivity index (χ0v) is 11.4. The smallest absolute Gasteiger partial charge is 0.257 e. The van der Waals surface area contributed by atoms with Gasteiger partial charge in [0.1, 0.15) is 5.82 Å². The second-order valence-electron chi connectivity index (χ2n) is 5.17. The Labute approximate surface area is 112 Å². The first-order chi connectivity index (χ1) is 8.88. The number of hydrogen-bond donors (Lipinski definition) is 1. The number of anilines is 1. The lowest BCUT2D eigenvalue weighted by molar-refractivity contribution is -0.0587. The third-order valence-corrected chi connectivity index (χ3v) is 3.21. The third kappa shape index (κ3) is 2.87. The molecule has 2 atom stereocenters. The van der Waals surface area contributed by atoms with E-state index >= 15 is 0 Å². The third-order valence-electron chi connectivity index (χ3n) is 3.21. The topological polar surface area (TPSA) is 55.6 Å². The van der Waals surface area contributed by atoms with Crippen LogP contribution in [-0.4, -0.2) is 36.1 Å². The number of carbonyl (C=O) groups excluding carboxylic acids is 1. The minimum Gasteiger partial charge on any atom is -0.399 e. The number of benzene rings is 1. The molecule has 1 amide bonds. The zero-order valence-electron chi connectivity index (χ0n) is 11.4. The van der Waals surface area contributed by atoms with E-state index in [-0.39, 0.29) is 23.7 Å². The van der Waals surface area contributed by atoms with Crippen LogP contribution in [0.25, 0.3) is 0 Å². The minimum absolute atomic E-state index is 0.0406. The van der Waals surface area contributed by atoms with Crippen LogP contribution in [0.1, 0.15) is 29.8 Å². The molecule has 1 fully saturated rings. The number of aryl methyl sites for hydroxylation is 1. The molecule has 1 aliphatic rings. The monoisotopic (exact) mass is 266 g/mol. The van der Waals surface area contributed by atoms with Gasteiger partial charge in [-0.2, -0.15) is 0 Å². The van der Waals surface area contributed by atoms with E-state index in [1.54, 1.807) is 11.8 Å². The fraction of sp³-hybridized carbons (Fsp3) is 0.500. The van der Waals surface area contributed by atoms with Gasteiger partial charge < -0.3 is 15.4 Å². The van der Waals surface area contributed by atoms with Crippen LogP contribution in [0.2, 0.25) is 0 Å². The minimum atomic E-state index is -0.494. The Balaban J connectivity index is 2.29. The largest absolute Gasteiger partial charge is 0.399 e. The van der Waals surface area contributed by atoms with E-state index in [0.717, 1.165) is 0 Å². The number of nitrogens with two attached hydrogens (primary N) is 1. The van der Waals surface area contributed by atoms with E-state index in [0.29, 0.717) is 24.3 Å². The molecule has 5 heteroatoms. The second-order valence-corrected chi connectivity index (χ2v) is 5.17. The van der Waals surface area contributed by atoms with Gasteiger partial charge in [-0.25, -0.2) is 4.39 Å². The Hall–Kier alpha value is -1.62. The predicted octanol–water partition coefficient (Wildman–Crippen LogP) is 1.97. The van der Waals surface area contributed by atoms with Crippen molar-refractivity contribution < 1.29 is 13.9 Å². The standard InChI is InChI=1S/C14H19FN2O2/c1-8-4-11(16)5-12(13(8)15)14(18)17-6-9(2)19-10(3)7-17/h4-5,9-10H,6-7,16H2,1-3H3. The number of rotatable bonds is 1. The van der Waals surface area contributed by atoms with E-state index in [2.05, 4.69) is 0 Å². The molecule has 1 aliphatic heterocycles. The molecule has 4 nitrogen and oxygen atoms in total. The molecule has 0 radical (unpaired) electrons. The van der Waals surface area contributed by atoms with Gasteiger partial charge in [0.2, 0.25) is 0 Å². The van der Waals surface area contributed by atoms with Gasteiger partial charge in [-0.1, -0.05) is 0 Å². The summed E-state index contributed by atoms with van der Waals surface area (Å²) in [5.74, 6) is -0.819. The number of hydrogen-bond acceptors (Lipinski definition) is 3. The zero-order chi connectivity index (χ0) is 14.2. The van der Waals surface area contributed by atoms with Crippen molar-refractivity contribution in [2.75, 3.05) is 18.8 Å². The summed E-state index contributed by atoms with van der Waals surface area (Å²) in [6, 6.07) is 2.92. The van der Waals surface area contributed by atoms with Crippen LogP contribution in [0.4, 0.5) is 10.1 Å². The number of morpholine rings is 1. The molecule has 0 aromatic heterocycles. The second kappa shape index (κ2) is 5.17. The van der Waals surface area contributed by atoms with Crippen molar-refractivity contribution in [1.82, 2.24) is 4.90 Å². The van der Waals surface area contributed by atoms with Crippen molar-refractivity contribution in [3.63, 3.8) is 0 Å². The van der Waals surface area contributed by atoms with E-state index in [1.165, 1.54) is 12.1 Å². The van der Waals surface area contributed by atoms with Crippen molar-refractivity contribution >= 4 is 11.6 Å².